The van der Waals surface area contributed by atoms with Crippen molar-refractivity contribution in [1.29, 1.82) is 0 Å². The fourth-order valence-electron chi connectivity index (χ4n) is 2.44. The monoisotopic (exact) mass is 325 g/mol. The van der Waals surface area contributed by atoms with Gasteiger partial charge in [-0.05, 0) is 36.2 Å². The molecule has 7 nitrogen and oxygen atoms in total. The number of H-pyrrole nitrogens is 1. The first-order chi connectivity index (χ1) is 11.5. The van der Waals surface area contributed by atoms with Crippen LogP contribution >= 0.6 is 0 Å². The van der Waals surface area contributed by atoms with Gasteiger partial charge in [-0.25, -0.2) is 9.59 Å². The van der Waals surface area contributed by atoms with Gasteiger partial charge in [-0.15, -0.1) is 0 Å². The molecule has 0 unspecified atom stereocenters. The standard InChI is InChI=1S/C17H15N3O4/c1-10-4-2-3-5-12(10)9-18-17(24)20-15(21)13-8-11(16(22)23)6-7-14(13)19-20/h2-8,19H,9H2,1H3,(H,18,24)(H,22,23). The summed E-state index contributed by atoms with van der Waals surface area (Å²) < 4.78 is 0.842. The van der Waals surface area contributed by atoms with Crippen LogP contribution in [0.25, 0.3) is 10.9 Å². The summed E-state index contributed by atoms with van der Waals surface area (Å²) in [6.07, 6.45) is 0. The van der Waals surface area contributed by atoms with Crippen molar-refractivity contribution in [3.63, 3.8) is 0 Å². The summed E-state index contributed by atoms with van der Waals surface area (Å²) in [6.45, 7) is 2.22. The number of aryl methyl sites for hydroxylation is 1. The quantitative estimate of drug-likeness (QED) is 0.686. The van der Waals surface area contributed by atoms with Gasteiger partial charge in [-0.3, -0.25) is 9.89 Å². The Bertz CT molecular complexity index is 1000. The molecular formula is C17H15N3O4. The van der Waals surface area contributed by atoms with Crippen molar-refractivity contribution in [3.8, 4) is 0 Å². The molecule has 0 atom stereocenters. The van der Waals surface area contributed by atoms with Crippen molar-refractivity contribution in [2.75, 3.05) is 0 Å². The van der Waals surface area contributed by atoms with Crippen LogP contribution in [-0.2, 0) is 6.54 Å². The van der Waals surface area contributed by atoms with Gasteiger partial charge in [0.15, 0.2) is 0 Å². The summed E-state index contributed by atoms with van der Waals surface area (Å²) in [5.41, 5.74) is 1.79. The fourth-order valence-corrected chi connectivity index (χ4v) is 2.44. The van der Waals surface area contributed by atoms with E-state index in [1.54, 1.807) is 0 Å². The van der Waals surface area contributed by atoms with E-state index in [-0.39, 0.29) is 17.5 Å². The second kappa shape index (κ2) is 6.04. The number of aromatic carboxylic acids is 1. The lowest BCUT2D eigenvalue weighted by Gasteiger charge is -2.07. The predicted molar refractivity (Wildman–Crippen MR) is 88.3 cm³/mol. The van der Waals surface area contributed by atoms with Crippen LogP contribution in [0.15, 0.2) is 47.3 Å². The van der Waals surface area contributed by atoms with E-state index in [0.717, 1.165) is 15.8 Å². The Labute approximate surface area is 136 Å². The first-order valence-corrected chi connectivity index (χ1v) is 7.28. The van der Waals surface area contributed by atoms with Crippen molar-refractivity contribution in [3.05, 3.63) is 69.5 Å². The topological polar surface area (TPSA) is 104 Å². The molecule has 24 heavy (non-hydrogen) atoms. The van der Waals surface area contributed by atoms with E-state index >= 15 is 0 Å². The predicted octanol–water partition coefficient (Wildman–Crippen LogP) is 2.09. The smallest absolute Gasteiger partial charge is 0.343 e. The van der Waals surface area contributed by atoms with Crippen LogP contribution in [0, 0.1) is 6.92 Å². The average Bonchev–Trinajstić information content (AvgIpc) is 2.90. The number of aromatic nitrogens is 2. The molecule has 1 amide bonds. The van der Waals surface area contributed by atoms with E-state index < -0.39 is 17.6 Å². The molecule has 0 spiro atoms. The number of rotatable bonds is 3. The number of nitrogens with zero attached hydrogens (tertiary/aromatic N) is 1. The van der Waals surface area contributed by atoms with Crippen LogP contribution in [0.3, 0.4) is 0 Å². The number of aromatic amines is 1. The Morgan fingerprint density at radius 1 is 1.21 bits per heavy atom. The van der Waals surface area contributed by atoms with Gasteiger partial charge < -0.3 is 10.4 Å². The maximum atomic E-state index is 12.3. The molecule has 0 aliphatic rings. The van der Waals surface area contributed by atoms with Crippen LogP contribution in [0.4, 0.5) is 4.79 Å². The number of carbonyl (C=O) groups is 2. The molecule has 2 aromatic carbocycles. The minimum Gasteiger partial charge on any atom is -0.478 e. The summed E-state index contributed by atoms with van der Waals surface area (Å²) in [6, 6.07) is 11.1. The number of fused-ring (bicyclic) bond motifs is 1. The summed E-state index contributed by atoms with van der Waals surface area (Å²) in [7, 11) is 0. The van der Waals surface area contributed by atoms with E-state index in [9.17, 15) is 14.4 Å². The summed E-state index contributed by atoms with van der Waals surface area (Å²) in [5.74, 6) is -1.13. The maximum Gasteiger partial charge on any atom is 0.343 e. The number of benzene rings is 2. The number of hydrogen-bond donors (Lipinski definition) is 3. The Morgan fingerprint density at radius 2 is 1.96 bits per heavy atom. The molecule has 3 rings (SSSR count). The lowest BCUT2D eigenvalue weighted by molar-refractivity contribution is 0.0697. The van der Waals surface area contributed by atoms with Crippen LogP contribution in [0.1, 0.15) is 21.5 Å². The van der Waals surface area contributed by atoms with Gasteiger partial charge in [0.1, 0.15) is 0 Å². The molecule has 0 bridgehead atoms. The third kappa shape index (κ3) is 2.79. The van der Waals surface area contributed by atoms with Crippen molar-refractivity contribution < 1.29 is 14.7 Å². The molecule has 0 radical (unpaired) electrons. The van der Waals surface area contributed by atoms with Gasteiger partial charge in [0.25, 0.3) is 5.56 Å². The van der Waals surface area contributed by atoms with Crippen molar-refractivity contribution in [1.82, 2.24) is 15.1 Å². The minimum absolute atomic E-state index is 0.00827. The normalized spacial score (nSPS) is 10.7. The maximum absolute atomic E-state index is 12.3. The number of carbonyl (C=O) groups excluding carboxylic acids is 1. The van der Waals surface area contributed by atoms with E-state index in [1.807, 2.05) is 31.2 Å². The number of carboxylic acid groups (broad SMARTS) is 1. The first-order valence-electron chi connectivity index (χ1n) is 7.28. The molecule has 7 heteroatoms. The Kier molecular flexibility index (Phi) is 3.91. The van der Waals surface area contributed by atoms with Crippen molar-refractivity contribution >= 4 is 22.9 Å². The summed E-state index contributed by atoms with van der Waals surface area (Å²) in [5, 5.41) is 14.5. The van der Waals surface area contributed by atoms with E-state index in [1.165, 1.54) is 18.2 Å². The summed E-state index contributed by atoms with van der Waals surface area (Å²) in [4.78, 5) is 35.5. The first kappa shape index (κ1) is 15.5. The minimum atomic E-state index is -1.13. The molecule has 122 valence electrons. The van der Waals surface area contributed by atoms with Gasteiger partial charge in [0.2, 0.25) is 0 Å². The highest BCUT2D eigenvalue weighted by molar-refractivity contribution is 5.94. The van der Waals surface area contributed by atoms with Crippen LogP contribution < -0.4 is 10.9 Å². The molecule has 0 aliphatic carbocycles. The van der Waals surface area contributed by atoms with Crippen LogP contribution in [0.2, 0.25) is 0 Å². The Balaban J connectivity index is 1.87. The zero-order valence-electron chi connectivity index (χ0n) is 12.9. The van der Waals surface area contributed by atoms with Crippen LogP contribution in [0.5, 0.6) is 0 Å². The van der Waals surface area contributed by atoms with E-state index in [4.69, 9.17) is 5.11 Å². The highest BCUT2D eigenvalue weighted by atomic mass is 16.4. The van der Waals surface area contributed by atoms with Gasteiger partial charge in [0, 0.05) is 6.54 Å². The number of hydrogen-bond acceptors (Lipinski definition) is 3. The molecule has 3 N–H and O–H groups in total. The third-order valence-electron chi connectivity index (χ3n) is 3.83. The Morgan fingerprint density at radius 3 is 2.67 bits per heavy atom. The summed E-state index contributed by atoms with van der Waals surface area (Å²) >= 11 is 0. The van der Waals surface area contributed by atoms with Gasteiger partial charge in [0.05, 0.1) is 16.5 Å². The second-order valence-electron chi connectivity index (χ2n) is 5.40. The van der Waals surface area contributed by atoms with Crippen LogP contribution in [-0.4, -0.2) is 26.9 Å². The zero-order chi connectivity index (χ0) is 17.3. The van der Waals surface area contributed by atoms with Gasteiger partial charge >= 0.3 is 12.0 Å². The Hall–Kier alpha value is -3.35. The SMILES string of the molecule is Cc1ccccc1CNC(=O)n1[nH]c2ccc(C(=O)O)cc2c1=O. The largest absolute Gasteiger partial charge is 0.478 e. The second-order valence-corrected chi connectivity index (χ2v) is 5.40. The molecule has 0 saturated carbocycles. The van der Waals surface area contributed by atoms with Crippen molar-refractivity contribution in [2.24, 2.45) is 0 Å². The van der Waals surface area contributed by atoms with Crippen molar-refractivity contribution in [2.45, 2.75) is 13.5 Å². The van der Waals surface area contributed by atoms with Gasteiger partial charge in [-0.1, -0.05) is 24.3 Å². The molecule has 0 aliphatic heterocycles. The number of nitrogens with one attached hydrogen (secondary N) is 2. The molecule has 0 saturated heterocycles. The van der Waals surface area contributed by atoms with E-state index in [2.05, 4.69) is 10.4 Å². The fraction of sp³-hybridized carbons (Fsp3) is 0.118. The number of carboxylic acids is 1. The van der Waals surface area contributed by atoms with E-state index in [0.29, 0.717) is 5.52 Å². The third-order valence-corrected chi connectivity index (χ3v) is 3.83. The number of amides is 1. The highest BCUT2D eigenvalue weighted by Gasteiger charge is 2.14. The lowest BCUT2D eigenvalue weighted by Crippen LogP contribution is -2.35. The molecule has 0 fully saturated rings. The highest BCUT2D eigenvalue weighted by Crippen LogP contribution is 2.11. The molecule has 3 aromatic rings. The lowest BCUT2D eigenvalue weighted by atomic mass is 10.1. The molecular weight excluding hydrogens is 310 g/mol. The van der Waals surface area contributed by atoms with Gasteiger partial charge in [-0.2, -0.15) is 4.68 Å². The average molecular weight is 325 g/mol. The molecule has 1 aromatic heterocycles. The molecule has 1 heterocycles. The zero-order valence-corrected chi connectivity index (χ0v) is 12.9.